The Morgan fingerprint density at radius 2 is 1.84 bits per heavy atom. The van der Waals surface area contributed by atoms with Gasteiger partial charge in [0.05, 0.1) is 11.4 Å². The first-order valence-electron chi connectivity index (χ1n) is 10.5. The first kappa shape index (κ1) is 19.4. The second-order valence-corrected chi connectivity index (χ2v) is 7.95. The van der Waals surface area contributed by atoms with E-state index in [9.17, 15) is 4.79 Å². The number of nitrogens with zero attached hydrogens (tertiary/aromatic N) is 5. The van der Waals surface area contributed by atoms with Gasteiger partial charge in [-0.05, 0) is 42.9 Å². The van der Waals surface area contributed by atoms with Crippen LogP contribution in [0.5, 0.6) is 0 Å². The topological polar surface area (TPSA) is 78.0 Å². The molecule has 0 radical (unpaired) electrons. The number of aromatic amines is 1. The fraction of sp³-hybridized carbons (Fsp3) is 0.250. The van der Waals surface area contributed by atoms with E-state index < -0.39 is 0 Å². The molecule has 1 aliphatic heterocycles. The molecule has 0 saturated carbocycles. The SMILES string of the molecule is CN1CCN(C(=O)c2cc3ccc(Cc4nccc(-c5ccccn5)n4)cc3[nH]2)CC1. The van der Waals surface area contributed by atoms with E-state index in [4.69, 9.17) is 0 Å². The number of fused-ring (bicyclic) bond motifs is 1. The van der Waals surface area contributed by atoms with Crippen LogP contribution < -0.4 is 0 Å². The molecule has 4 aromatic rings. The highest BCUT2D eigenvalue weighted by Crippen LogP contribution is 2.21. The van der Waals surface area contributed by atoms with Crippen molar-refractivity contribution in [1.82, 2.24) is 29.7 Å². The van der Waals surface area contributed by atoms with E-state index in [1.807, 2.05) is 41.3 Å². The monoisotopic (exact) mass is 412 g/mol. The Hall–Kier alpha value is -3.58. The van der Waals surface area contributed by atoms with Crippen molar-refractivity contribution in [3.8, 4) is 11.4 Å². The molecule has 0 unspecified atom stereocenters. The standard InChI is InChI=1S/C24H24N6O/c1-29-10-12-30(13-11-29)24(31)22-16-18-6-5-17(14-21(18)27-22)15-23-26-9-7-20(28-23)19-4-2-3-8-25-19/h2-9,14,16,27H,10-13,15H2,1H3. The highest BCUT2D eigenvalue weighted by atomic mass is 16.2. The molecule has 1 N–H and O–H groups in total. The number of piperazine rings is 1. The summed E-state index contributed by atoms with van der Waals surface area (Å²) in [5, 5.41) is 1.03. The fourth-order valence-corrected chi connectivity index (χ4v) is 3.90. The molecule has 156 valence electrons. The number of nitrogens with one attached hydrogen (secondary N) is 1. The minimum Gasteiger partial charge on any atom is -0.351 e. The summed E-state index contributed by atoms with van der Waals surface area (Å²) >= 11 is 0. The van der Waals surface area contributed by atoms with Crippen LogP contribution in [-0.4, -0.2) is 68.9 Å². The van der Waals surface area contributed by atoms with Crippen LogP contribution >= 0.6 is 0 Å². The third-order valence-corrected chi connectivity index (χ3v) is 5.70. The number of carbonyl (C=O) groups is 1. The number of likely N-dealkylation sites (N-methyl/N-ethyl adjacent to an activating group) is 1. The highest BCUT2D eigenvalue weighted by molar-refractivity contribution is 5.98. The van der Waals surface area contributed by atoms with Crippen molar-refractivity contribution < 1.29 is 4.79 Å². The minimum atomic E-state index is 0.0669. The van der Waals surface area contributed by atoms with Crippen LogP contribution in [0.3, 0.4) is 0 Å². The van der Waals surface area contributed by atoms with Crippen LogP contribution in [0.4, 0.5) is 0 Å². The van der Waals surface area contributed by atoms with E-state index in [-0.39, 0.29) is 5.91 Å². The molecule has 3 aromatic heterocycles. The molecule has 31 heavy (non-hydrogen) atoms. The molecule has 1 aliphatic rings. The number of rotatable bonds is 4. The van der Waals surface area contributed by atoms with Crippen LogP contribution in [0.1, 0.15) is 21.9 Å². The lowest BCUT2D eigenvalue weighted by molar-refractivity contribution is 0.0659. The number of hydrogen-bond acceptors (Lipinski definition) is 5. The first-order valence-corrected chi connectivity index (χ1v) is 10.5. The zero-order valence-electron chi connectivity index (χ0n) is 17.5. The van der Waals surface area contributed by atoms with Gasteiger partial charge in [-0.15, -0.1) is 0 Å². The molecule has 0 spiro atoms. The third kappa shape index (κ3) is 4.18. The van der Waals surface area contributed by atoms with Gasteiger partial charge < -0.3 is 14.8 Å². The van der Waals surface area contributed by atoms with E-state index in [1.54, 1.807) is 12.4 Å². The van der Waals surface area contributed by atoms with Crippen molar-refractivity contribution in [2.45, 2.75) is 6.42 Å². The lowest BCUT2D eigenvalue weighted by Gasteiger charge is -2.32. The lowest BCUT2D eigenvalue weighted by Crippen LogP contribution is -2.47. The number of pyridine rings is 1. The number of H-pyrrole nitrogens is 1. The quantitative estimate of drug-likeness (QED) is 0.558. The van der Waals surface area contributed by atoms with E-state index in [2.05, 4.69) is 44.0 Å². The maximum atomic E-state index is 12.9. The number of amides is 1. The number of hydrogen-bond donors (Lipinski definition) is 1. The molecule has 1 aromatic carbocycles. The van der Waals surface area contributed by atoms with Gasteiger partial charge >= 0.3 is 0 Å². The Morgan fingerprint density at radius 1 is 0.968 bits per heavy atom. The van der Waals surface area contributed by atoms with Gasteiger partial charge in [-0.2, -0.15) is 0 Å². The number of aromatic nitrogens is 4. The molecule has 1 fully saturated rings. The van der Waals surface area contributed by atoms with E-state index in [1.165, 1.54) is 0 Å². The number of benzene rings is 1. The molecule has 1 saturated heterocycles. The smallest absolute Gasteiger partial charge is 0.270 e. The Morgan fingerprint density at radius 3 is 2.65 bits per heavy atom. The molecule has 5 rings (SSSR count). The van der Waals surface area contributed by atoms with Crippen LogP contribution in [0, 0.1) is 0 Å². The van der Waals surface area contributed by atoms with Gasteiger partial charge in [-0.3, -0.25) is 9.78 Å². The maximum absolute atomic E-state index is 12.9. The average molecular weight is 412 g/mol. The summed E-state index contributed by atoms with van der Waals surface area (Å²) in [6, 6.07) is 15.8. The summed E-state index contributed by atoms with van der Waals surface area (Å²) in [6.45, 7) is 3.35. The average Bonchev–Trinajstić information content (AvgIpc) is 3.23. The molecule has 1 amide bonds. The van der Waals surface area contributed by atoms with Gasteiger partial charge in [0.2, 0.25) is 0 Å². The summed E-state index contributed by atoms with van der Waals surface area (Å²) in [4.78, 5) is 33.8. The van der Waals surface area contributed by atoms with Crippen LogP contribution in [0.25, 0.3) is 22.3 Å². The zero-order chi connectivity index (χ0) is 21.2. The van der Waals surface area contributed by atoms with Crippen molar-refractivity contribution in [3.63, 3.8) is 0 Å². The summed E-state index contributed by atoms with van der Waals surface area (Å²) in [5.74, 6) is 0.806. The molecule has 7 heteroatoms. The Balaban J connectivity index is 1.35. The summed E-state index contributed by atoms with van der Waals surface area (Å²) in [5.41, 5.74) is 4.33. The Bertz CT molecular complexity index is 1210. The van der Waals surface area contributed by atoms with Gasteiger partial charge in [0.15, 0.2) is 0 Å². The molecule has 0 atom stereocenters. The summed E-state index contributed by atoms with van der Waals surface area (Å²) in [7, 11) is 2.09. The van der Waals surface area contributed by atoms with Gasteiger partial charge in [0.25, 0.3) is 5.91 Å². The Labute approximate surface area is 180 Å². The van der Waals surface area contributed by atoms with Crippen LogP contribution in [-0.2, 0) is 6.42 Å². The highest BCUT2D eigenvalue weighted by Gasteiger charge is 2.21. The van der Waals surface area contributed by atoms with Crippen molar-refractivity contribution in [2.75, 3.05) is 33.2 Å². The molecule has 0 aliphatic carbocycles. The van der Waals surface area contributed by atoms with E-state index in [0.717, 1.165) is 59.9 Å². The first-order chi connectivity index (χ1) is 15.2. The fourth-order valence-electron chi connectivity index (χ4n) is 3.90. The third-order valence-electron chi connectivity index (χ3n) is 5.70. The van der Waals surface area contributed by atoms with Gasteiger partial charge in [0.1, 0.15) is 11.5 Å². The van der Waals surface area contributed by atoms with Crippen molar-refractivity contribution in [1.29, 1.82) is 0 Å². The molecular formula is C24H24N6O. The number of carbonyl (C=O) groups excluding carboxylic acids is 1. The predicted octanol–water partition coefficient (Wildman–Crippen LogP) is 3.00. The second kappa shape index (κ2) is 8.28. The van der Waals surface area contributed by atoms with Crippen molar-refractivity contribution in [3.05, 3.63) is 78.0 Å². The Kier molecular flexibility index (Phi) is 5.18. The van der Waals surface area contributed by atoms with E-state index >= 15 is 0 Å². The summed E-state index contributed by atoms with van der Waals surface area (Å²) < 4.78 is 0. The zero-order valence-corrected chi connectivity index (χ0v) is 17.5. The largest absolute Gasteiger partial charge is 0.351 e. The van der Waals surface area contributed by atoms with Crippen molar-refractivity contribution >= 4 is 16.8 Å². The van der Waals surface area contributed by atoms with E-state index in [0.29, 0.717) is 12.1 Å². The van der Waals surface area contributed by atoms with Gasteiger partial charge in [0, 0.05) is 55.9 Å². The molecule has 7 nitrogen and oxygen atoms in total. The minimum absolute atomic E-state index is 0.0669. The predicted molar refractivity (Wildman–Crippen MR) is 120 cm³/mol. The summed E-state index contributed by atoms with van der Waals surface area (Å²) in [6.07, 6.45) is 4.14. The molecule has 0 bridgehead atoms. The van der Waals surface area contributed by atoms with Gasteiger partial charge in [-0.1, -0.05) is 18.2 Å². The molecule has 4 heterocycles. The lowest BCUT2D eigenvalue weighted by atomic mass is 10.1. The van der Waals surface area contributed by atoms with Crippen LogP contribution in [0.15, 0.2) is 60.9 Å². The van der Waals surface area contributed by atoms with Crippen molar-refractivity contribution in [2.24, 2.45) is 0 Å². The molecular weight excluding hydrogens is 388 g/mol. The van der Waals surface area contributed by atoms with Gasteiger partial charge in [-0.25, -0.2) is 9.97 Å². The second-order valence-electron chi connectivity index (χ2n) is 7.95. The van der Waals surface area contributed by atoms with Crippen LogP contribution in [0.2, 0.25) is 0 Å². The maximum Gasteiger partial charge on any atom is 0.270 e. The normalized spacial score (nSPS) is 14.8.